The molecule has 4 nitrogen and oxygen atoms in total. The number of hydrogen-bond donors (Lipinski definition) is 2. The monoisotopic (exact) mass is 250 g/mol. The normalized spacial score (nSPS) is 11.9. The lowest BCUT2D eigenvalue weighted by molar-refractivity contribution is -0.121. The molecule has 0 saturated heterocycles. The quantitative estimate of drug-likeness (QED) is 0.720. The molecule has 0 aliphatic rings. The van der Waals surface area contributed by atoms with Crippen molar-refractivity contribution >= 4 is 5.91 Å². The molecule has 1 aromatic rings. The van der Waals surface area contributed by atoms with Gasteiger partial charge in [0.25, 0.3) is 0 Å². The summed E-state index contributed by atoms with van der Waals surface area (Å²) in [5.41, 5.74) is 6.79. The van der Waals surface area contributed by atoms with Crippen LogP contribution < -0.4 is 15.8 Å². The third-order valence-electron chi connectivity index (χ3n) is 2.73. The lowest BCUT2D eigenvalue weighted by Gasteiger charge is -2.10. The Morgan fingerprint density at radius 1 is 1.39 bits per heavy atom. The van der Waals surface area contributed by atoms with Crippen molar-refractivity contribution < 1.29 is 9.53 Å². The van der Waals surface area contributed by atoms with Crippen molar-refractivity contribution in [1.29, 1.82) is 0 Å². The first-order valence-electron chi connectivity index (χ1n) is 6.36. The Balaban J connectivity index is 2.47. The van der Waals surface area contributed by atoms with Crippen LogP contribution in [0.2, 0.25) is 0 Å². The average Bonchev–Trinajstić information content (AvgIpc) is 2.40. The zero-order chi connectivity index (χ0) is 13.4. The number of carbonyl (C=O) groups excluding carboxylic acids is 1. The SMILES string of the molecule is CCCCOc1ccc(C[C@H](N)C(=O)NC)cc1. The van der Waals surface area contributed by atoms with Crippen molar-refractivity contribution in [1.82, 2.24) is 5.32 Å². The molecule has 0 saturated carbocycles. The maximum absolute atomic E-state index is 11.3. The van der Waals surface area contributed by atoms with Gasteiger partial charge in [0.1, 0.15) is 5.75 Å². The maximum Gasteiger partial charge on any atom is 0.237 e. The van der Waals surface area contributed by atoms with E-state index in [-0.39, 0.29) is 5.91 Å². The second-order valence-electron chi connectivity index (χ2n) is 4.27. The lowest BCUT2D eigenvalue weighted by Crippen LogP contribution is -2.40. The molecule has 0 spiro atoms. The molecule has 1 rings (SSSR count). The fourth-order valence-corrected chi connectivity index (χ4v) is 1.59. The van der Waals surface area contributed by atoms with Crippen molar-refractivity contribution in [3.8, 4) is 5.75 Å². The summed E-state index contributed by atoms with van der Waals surface area (Å²) in [6.07, 6.45) is 2.72. The maximum atomic E-state index is 11.3. The number of unbranched alkanes of at least 4 members (excludes halogenated alkanes) is 1. The molecular weight excluding hydrogens is 228 g/mol. The van der Waals surface area contributed by atoms with Gasteiger partial charge in [-0.1, -0.05) is 25.5 Å². The number of rotatable bonds is 7. The number of nitrogens with one attached hydrogen (secondary N) is 1. The Bertz CT molecular complexity index is 363. The van der Waals surface area contributed by atoms with Gasteiger partial charge in [-0.05, 0) is 30.5 Å². The molecule has 0 radical (unpaired) electrons. The number of carbonyl (C=O) groups is 1. The van der Waals surface area contributed by atoms with Gasteiger partial charge in [0.05, 0.1) is 12.6 Å². The fourth-order valence-electron chi connectivity index (χ4n) is 1.59. The van der Waals surface area contributed by atoms with E-state index < -0.39 is 6.04 Å². The molecule has 4 heteroatoms. The van der Waals surface area contributed by atoms with E-state index in [1.54, 1.807) is 7.05 Å². The van der Waals surface area contributed by atoms with Gasteiger partial charge in [-0.3, -0.25) is 4.79 Å². The van der Waals surface area contributed by atoms with Crippen LogP contribution in [0.4, 0.5) is 0 Å². The van der Waals surface area contributed by atoms with E-state index in [1.165, 1.54) is 0 Å². The van der Waals surface area contributed by atoms with E-state index in [2.05, 4.69) is 12.2 Å². The molecule has 0 unspecified atom stereocenters. The van der Waals surface area contributed by atoms with Crippen LogP contribution in [-0.2, 0) is 11.2 Å². The van der Waals surface area contributed by atoms with Gasteiger partial charge in [-0.2, -0.15) is 0 Å². The number of benzene rings is 1. The predicted octanol–water partition coefficient (Wildman–Crippen LogP) is 1.48. The largest absolute Gasteiger partial charge is 0.494 e. The first kappa shape index (κ1) is 14.5. The van der Waals surface area contributed by atoms with E-state index >= 15 is 0 Å². The molecule has 1 aromatic carbocycles. The summed E-state index contributed by atoms with van der Waals surface area (Å²) in [4.78, 5) is 11.3. The zero-order valence-electron chi connectivity index (χ0n) is 11.1. The Labute approximate surface area is 109 Å². The van der Waals surface area contributed by atoms with E-state index in [0.717, 1.165) is 30.8 Å². The van der Waals surface area contributed by atoms with Crippen LogP contribution in [0.25, 0.3) is 0 Å². The number of hydrogen-bond acceptors (Lipinski definition) is 3. The van der Waals surface area contributed by atoms with E-state index in [9.17, 15) is 4.79 Å². The van der Waals surface area contributed by atoms with Gasteiger partial charge in [0, 0.05) is 7.05 Å². The standard InChI is InChI=1S/C14H22N2O2/c1-3-4-9-18-12-7-5-11(6-8-12)10-13(15)14(17)16-2/h5-8,13H,3-4,9-10,15H2,1-2H3,(H,16,17)/t13-/m0/s1. The Kier molecular flexibility index (Phi) is 6.22. The van der Waals surface area contributed by atoms with Crippen molar-refractivity contribution in [3.05, 3.63) is 29.8 Å². The Hall–Kier alpha value is -1.55. The molecule has 0 heterocycles. The molecule has 1 atom stereocenters. The van der Waals surface area contributed by atoms with Gasteiger partial charge in [0.15, 0.2) is 0 Å². The van der Waals surface area contributed by atoms with Gasteiger partial charge >= 0.3 is 0 Å². The van der Waals surface area contributed by atoms with Crippen molar-refractivity contribution in [3.63, 3.8) is 0 Å². The molecule has 0 aromatic heterocycles. The minimum Gasteiger partial charge on any atom is -0.494 e. The van der Waals surface area contributed by atoms with Crippen molar-refractivity contribution in [2.45, 2.75) is 32.2 Å². The van der Waals surface area contributed by atoms with E-state index in [4.69, 9.17) is 10.5 Å². The van der Waals surface area contributed by atoms with Crippen LogP contribution in [0.3, 0.4) is 0 Å². The second-order valence-corrected chi connectivity index (χ2v) is 4.27. The van der Waals surface area contributed by atoms with Crippen LogP contribution in [0.1, 0.15) is 25.3 Å². The Morgan fingerprint density at radius 3 is 2.61 bits per heavy atom. The lowest BCUT2D eigenvalue weighted by atomic mass is 10.1. The molecule has 1 amide bonds. The van der Waals surface area contributed by atoms with Gasteiger partial charge < -0.3 is 15.8 Å². The van der Waals surface area contributed by atoms with Crippen LogP contribution in [0.5, 0.6) is 5.75 Å². The summed E-state index contributed by atoms with van der Waals surface area (Å²) < 4.78 is 5.56. The summed E-state index contributed by atoms with van der Waals surface area (Å²) in [5.74, 6) is 0.721. The minimum absolute atomic E-state index is 0.140. The molecule has 0 aliphatic heterocycles. The third-order valence-corrected chi connectivity index (χ3v) is 2.73. The third kappa shape index (κ3) is 4.75. The highest BCUT2D eigenvalue weighted by molar-refractivity contribution is 5.81. The number of ether oxygens (including phenoxy) is 1. The van der Waals surface area contributed by atoms with E-state index in [1.807, 2.05) is 24.3 Å². The zero-order valence-corrected chi connectivity index (χ0v) is 11.1. The summed E-state index contributed by atoms with van der Waals surface area (Å²) >= 11 is 0. The molecule has 100 valence electrons. The first-order valence-corrected chi connectivity index (χ1v) is 6.36. The summed E-state index contributed by atoms with van der Waals surface area (Å²) in [5, 5.41) is 2.54. The van der Waals surface area contributed by atoms with Crippen molar-refractivity contribution in [2.75, 3.05) is 13.7 Å². The average molecular weight is 250 g/mol. The predicted molar refractivity (Wildman–Crippen MR) is 72.6 cm³/mol. The summed E-state index contributed by atoms with van der Waals surface area (Å²) in [7, 11) is 1.59. The van der Waals surface area contributed by atoms with E-state index in [0.29, 0.717) is 6.42 Å². The van der Waals surface area contributed by atoms with Crippen LogP contribution in [-0.4, -0.2) is 25.6 Å². The first-order chi connectivity index (χ1) is 8.67. The van der Waals surface area contributed by atoms with Crippen molar-refractivity contribution in [2.24, 2.45) is 5.73 Å². The highest BCUT2D eigenvalue weighted by atomic mass is 16.5. The molecular formula is C14H22N2O2. The fraction of sp³-hybridized carbons (Fsp3) is 0.500. The molecule has 0 bridgehead atoms. The smallest absolute Gasteiger partial charge is 0.237 e. The van der Waals surface area contributed by atoms with Gasteiger partial charge in [0.2, 0.25) is 5.91 Å². The minimum atomic E-state index is -0.498. The Morgan fingerprint density at radius 2 is 2.06 bits per heavy atom. The molecule has 18 heavy (non-hydrogen) atoms. The summed E-state index contributed by atoms with van der Waals surface area (Å²) in [6.45, 7) is 2.88. The van der Waals surface area contributed by atoms with Crippen LogP contribution in [0.15, 0.2) is 24.3 Å². The number of nitrogens with two attached hydrogens (primary N) is 1. The highest BCUT2D eigenvalue weighted by Gasteiger charge is 2.11. The topological polar surface area (TPSA) is 64.3 Å². The highest BCUT2D eigenvalue weighted by Crippen LogP contribution is 2.13. The van der Waals surface area contributed by atoms with Crippen LogP contribution in [0, 0.1) is 0 Å². The van der Waals surface area contributed by atoms with Gasteiger partial charge in [-0.25, -0.2) is 0 Å². The second kappa shape index (κ2) is 7.71. The number of likely N-dealkylation sites (N-methyl/N-ethyl adjacent to an activating group) is 1. The van der Waals surface area contributed by atoms with Gasteiger partial charge in [-0.15, -0.1) is 0 Å². The van der Waals surface area contributed by atoms with Crippen LogP contribution >= 0.6 is 0 Å². The summed E-state index contributed by atoms with van der Waals surface area (Å²) in [6, 6.07) is 7.24. The molecule has 0 fully saturated rings. The molecule has 3 N–H and O–H groups in total. The number of amides is 1. The molecule has 0 aliphatic carbocycles.